The van der Waals surface area contributed by atoms with Gasteiger partial charge in [0.1, 0.15) is 5.76 Å². The quantitative estimate of drug-likeness (QED) is 0.708. The van der Waals surface area contributed by atoms with Crippen molar-refractivity contribution >= 4 is 41.8 Å². The zero-order valence-corrected chi connectivity index (χ0v) is 14.2. The second-order valence-electron chi connectivity index (χ2n) is 5.02. The number of nitrogens with one attached hydrogen (secondary N) is 3. The fraction of sp³-hybridized carbons (Fsp3) is 0.615. The van der Waals surface area contributed by atoms with Crippen LogP contribution in [0.3, 0.4) is 0 Å². The Morgan fingerprint density at radius 3 is 2.95 bits per heavy atom. The molecule has 2 unspecified atom stereocenters. The first-order valence-electron chi connectivity index (χ1n) is 6.90. The molecule has 1 saturated heterocycles. The predicted octanol–water partition coefficient (Wildman–Crippen LogP) is 0.943. The summed E-state index contributed by atoms with van der Waals surface area (Å²) in [5, 5.41) is 12.1. The Kier molecular flexibility index (Phi) is 7.70. The third kappa shape index (κ3) is 5.86. The first kappa shape index (κ1) is 18.8. The molecule has 0 aromatic carbocycles. The van der Waals surface area contributed by atoms with Crippen LogP contribution in [0.4, 0.5) is 5.82 Å². The van der Waals surface area contributed by atoms with E-state index in [4.69, 9.17) is 4.52 Å². The van der Waals surface area contributed by atoms with Crippen molar-refractivity contribution in [3.63, 3.8) is 0 Å². The van der Waals surface area contributed by atoms with Crippen LogP contribution in [-0.4, -0.2) is 47.1 Å². The van der Waals surface area contributed by atoms with Crippen molar-refractivity contribution in [3.8, 4) is 0 Å². The number of aryl methyl sites for hydroxylation is 1. The number of hydrogen-bond donors (Lipinski definition) is 3. The maximum Gasteiger partial charge on any atom is 0.238 e. The van der Waals surface area contributed by atoms with Gasteiger partial charge in [0.25, 0.3) is 0 Å². The van der Waals surface area contributed by atoms with Crippen molar-refractivity contribution < 1.29 is 14.1 Å². The highest BCUT2D eigenvalue weighted by atomic mass is 35.5. The van der Waals surface area contributed by atoms with Crippen LogP contribution in [0.5, 0.6) is 0 Å². The summed E-state index contributed by atoms with van der Waals surface area (Å²) in [5.74, 6) is 1.07. The van der Waals surface area contributed by atoms with Gasteiger partial charge in [0.15, 0.2) is 5.82 Å². The van der Waals surface area contributed by atoms with E-state index in [0.717, 1.165) is 19.5 Å². The zero-order chi connectivity index (χ0) is 15.2. The number of rotatable bonds is 6. The van der Waals surface area contributed by atoms with Crippen LogP contribution in [0.25, 0.3) is 0 Å². The Labute approximate surface area is 139 Å². The Morgan fingerprint density at radius 1 is 1.59 bits per heavy atom. The summed E-state index contributed by atoms with van der Waals surface area (Å²) in [6.07, 6.45) is 0.956. The summed E-state index contributed by atoms with van der Waals surface area (Å²) in [6, 6.07) is 1.86. The van der Waals surface area contributed by atoms with Gasteiger partial charge in [-0.2, -0.15) is 0 Å². The fourth-order valence-electron chi connectivity index (χ4n) is 1.98. The molecule has 9 heteroatoms. The molecule has 1 aromatic heterocycles. The molecule has 1 fully saturated rings. The third-order valence-corrected chi connectivity index (χ3v) is 4.28. The van der Waals surface area contributed by atoms with Gasteiger partial charge >= 0.3 is 0 Å². The minimum Gasteiger partial charge on any atom is -0.360 e. The molecule has 0 radical (unpaired) electrons. The highest BCUT2D eigenvalue weighted by Gasteiger charge is 2.19. The lowest BCUT2D eigenvalue weighted by atomic mass is 10.3. The molecular weight excluding hydrogens is 328 g/mol. The van der Waals surface area contributed by atoms with E-state index in [1.807, 2.05) is 0 Å². The number of halogens is 1. The summed E-state index contributed by atoms with van der Waals surface area (Å²) < 4.78 is 4.88. The maximum absolute atomic E-state index is 11.9. The topological polar surface area (TPSA) is 96.3 Å². The number of amides is 2. The molecule has 1 aromatic rings. The second-order valence-corrected chi connectivity index (χ2v) is 6.35. The van der Waals surface area contributed by atoms with E-state index >= 15 is 0 Å². The smallest absolute Gasteiger partial charge is 0.238 e. The van der Waals surface area contributed by atoms with E-state index < -0.39 is 0 Å². The van der Waals surface area contributed by atoms with E-state index in [-0.39, 0.29) is 41.3 Å². The highest BCUT2D eigenvalue weighted by Crippen LogP contribution is 2.14. The molecule has 2 rings (SSSR count). The lowest BCUT2D eigenvalue weighted by Gasteiger charge is -2.13. The molecule has 124 valence electrons. The van der Waals surface area contributed by atoms with E-state index in [9.17, 15) is 9.59 Å². The number of aromatic nitrogens is 1. The molecule has 0 spiro atoms. The molecule has 0 saturated carbocycles. The van der Waals surface area contributed by atoms with E-state index in [2.05, 4.69) is 21.1 Å². The van der Waals surface area contributed by atoms with Crippen molar-refractivity contribution in [3.05, 3.63) is 11.8 Å². The molecule has 1 aliphatic heterocycles. The molecular formula is C13H21ClN4O3S. The van der Waals surface area contributed by atoms with Crippen molar-refractivity contribution in [1.29, 1.82) is 0 Å². The SMILES string of the molecule is Cc1cc(NC(=O)C(C)SCC(=O)NC2CCNC2)no1.Cl. The Morgan fingerprint density at radius 2 is 2.36 bits per heavy atom. The standard InChI is InChI=1S/C13H20N4O3S.ClH/c1-8-5-11(17-20-8)16-13(19)9(2)21-7-12(18)15-10-3-4-14-6-10;/h5,9-10,14H,3-4,6-7H2,1-2H3,(H,15,18)(H,16,17,19);1H. The molecule has 0 aliphatic carbocycles. The minimum absolute atomic E-state index is 0. The Bertz CT molecular complexity index is 505. The Balaban J connectivity index is 0.00000242. The summed E-state index contributed by atoms with van der Waals surface area (Å²) in [4.78, 5) is 23.7. The molecule has 7 nitrogen and oxygen atoms in total. The first-order valence-corrected chi connectivity index (χ1v) is 7.95. The number of anilines is 1. The molecule has 22 heavy (non-hydrogen) atoms. The lowest BCUT2D eigenvalue weighted by molar-refractivity contribution is -0.119. The van der Waals surface area contributed by atoms with Gasteiger partial charge in [0, 0.05) is 18.7 Å². The van der Waals surface area contributed by atoms with Crippen LogP contribution in [-0.2, 0) is 9.59 Å². The summed E-state index contributed by atoms with van der Waals surface area (Å²) >= 11 is 1.30. The largest absolute Gasteiger partial charge is 0.360 e. The van der Waals surface area contributed by atoms with Crippen molar-refractivity contribution in [2.45, 2.75) is 31.6 Å². The van der Waals surface area contributed by atoms with Gasteiger partial charge in [-0.3, -0.25) is 9.59 Å². The van der Waals surface area contributed by atoms with Crippen molar-refractivity contribution in [2.24, 2.45) is 0 Å². The zero-order valence-electron chi connectivity index (χ0n) is 12.5. The van der Waals surface area contributed by atoms with Gasteiger partial charge in [0.2, 0.25) is 11.8 Å². The predicted molar refractivity (Wildman–Crippen MR) is 88.5 cm³/mol. The molecule has 0 bridgehead atoms. The molecule has 1 aliphatic rings. The molecule has 2 heterocycles. The van der Waals surface area contributed by atoms with E-state index in [1.165, 1.54) is 11.8 Å². The lowest BCUT2D eigenvalue weighted by Crippen LogP contribution is -2.38. The number of carbonyl (C=O) groups is 2. The summed E-state index contributed by atoms with van der Waals surface area (Å²) in [5.41, 5.74) is 0. The van der Waals surface area contributed by atoms with Crippen molar-refractivity contribution in [2.75, 3.05) is 24.2 Å². The second kappa shape index (κ2) is 9.02. The molecule has 2 atom stereocenters. The normalized spacial score (nSPS) is 18.4. The van der Waals surface area contributed by atoms with Gasteiger partial charge in [0.05, 0.1) is 11.0 Å². The van der Waals surface area contributed by atoms with Gasteiger partial charge in [-0.1, -0.05) is 5.16 Å². The first-order chi connectivity index (χ1) is 10.0. The third-order valence-electron chi connectivity index (χ3n) is 3.14. The Hall–Kier alpha value is -1.25. The minimum atomic E-state index is -0.338. The average molecular weight is 349 g/mol. The van der Waals surface area contributed by atoms with Gasteiger partial charge < -0.3 is 20.5 Å². The average Bonchev–Trinajstić information content (AvgIpc) is 3.08. The highest BCUT2D eigenvalue weighted by molar-refractivity contribution is 8.01. The van der Waals surface area contributed by atoms with Crippen LogP contribution in [0.1, 0.15) is 19.1 Å². The van der Waals surface area contributed by atoms with Crippen LogP contribution in [0, 0.1) is 6.92 Å². The van der Waals surface area contributed by atoms with E-state index in [0.29, 0.717) is 11.6 Å². The van der Waals surface area contributed by atoms with Gasteiger partial charge in [-0.05, 0) is 26.8 Å². The number of hydrogen-bond acceptors (Lipinski definition) is 6. The van der Waals surface area contributed by atoms with Crippen LogP contribution < -0.4 is 16.0 Å². The van der Waals surface area contributed by atoms with Crippen LogP contribution in [0.15, 0.2) is 10.6 Å². The summed E-state index contributed by atoms with van der Waals surface area (Å²) in [7, 11) is 0. The maximum atomic E-state index is 11.9. The number of thioether (sulfide) groups is 1. The fourth-order valence-corrected chi connectivity index (χ4v) is 2.67. The number of carbonyl (C=O) groups excluding carboxylic acids is 2. The van der Waals surface area contributed by atoms with Gasteiger partial charge in [-0.25, -0.2) is 0 Å². The summed E-state index contributed by atoms with van der Waals surface area (Å²) in [6.45, 7) is 5.27. The molecule has 3 N–H and O–H groups in total. The molecule has 2 amide bonds. The van der Waals surface area contributed by atoms with Crippen LogP contribution >= 0.6 is 24.2 Å². The monoisotopic (exact) mass is 348 g/mol. The van der Waals surface area contributed by atoms with Crippen molar-refractivity contribution in [1.82, 2.24) is 15.8 Å². The van der Waals surface area contributed by atoms with E-state index in [1.54, 1.807) is 19.9 Å². The van der Waals surface area contributed by atoms with Gasteiger partial charge in [-0.15, -0.1) is 24.2 Å². The van der Waals surface area contributed by atoms with Crippen LogP contribution in [0.2, 0.25) is 0 Å². The number of nitrogens with zero attached hydrogens (tertiary/aromatic N) is 1.